The third kappa shape index (κ3) is 4.16. The van der Waals surface area contributed by atoms with Gasteiger partial charge in [0.15, 0.2) is 0 Å². The lowest BCUT2D eigenvalue weighted by Crippen LogP contribution is -2.39. The van der Waals surface area contributed by atoms with E-state index in [2.05, 4.69) is 10.1 Å². The van der Waals surface area contributed by atoms with Gasteiger partial charge in [0, 0.05) is 5.92 Å². The number of hydrogen-bond acceptors (Lipinski definition) is 7. The zero-order valence-electron chi connectivity index (χ0n) is 12.2. The molecular weight excluding hydrogens is 280 g/mol. The Hall–Kier alpha value is -2.14. The van der Waals surface area contributed by atoms with Crippen LogP contribution < -0.4 is 5.32 Å². The van der Waals surface area contributed by atoms with Crippen LogP contribution in [0.4, 0.5) is 0 Å². The van der Waals surface area contributed by atoms with Crippen molar-refractivity contribution < 1.29 is 29.0 Å². The second kappa shape index (κ2) is 6.10. The van der Waals surface area contributed by atoms with E-state index in [1.165, 1.54) is 0 Å². The van der Waals surface area contributed by atoms with E-state index >= 15 is 0 Å². The SMILES string of the molecule is COC(=O)[C@H]1[C@H](NC(=O)C(=O)OC(C)(C)C)[C@@H]1[C@H](O)C#N. The number of carbonyl (C=O) groups is 3. The third-order valence-electron chi connectivity index (χ3n) is 2.93. The maximum atomic E-state index is 11.7. The van der Waals surface area contributed by atoms with Gasteiger partial charge in [-0.15, -0.1) is 0 Å². The van der Waals surface area contributed by atoms with Crippen LogP contribution in [-0.2, 0) is 23.9 Å². The number of hydrogen-bond donors (Lipinski definition) is 2. The summed E-state index contributed by atoms with van der Waals surface area (Å²) in [7, 11) is 1.16. The lowest BCUT2D eigenvalue weighted by Gasteiger charge is -2.18. The van der Waals surface area contributed by atoms with Gasteiger partial charge in [-0.3, -0.25) is 9.59 Å². The fraction of sp³-hybridized carbons (Fsp3) is 0.692. The van der Waals surface area contributed by atoms with Gasteiger partial charge in [-0.1, -0.05) is 0 Å². The molecule has 0 radical (unpaired) electrons. The Bertz CT molecular complexity index is 490. The lowest BCUT2D eigenvalue weighted by molar-refractivity contribution is -0.163. The Balaban J connectivity index is 2.69. The van der Waals surface area contributed by atoms with Crippen LogP contribution in [0.5, 0.6) is 0 Å². The van der Waals surface area contributed by atoms with Gasteiger partial charge in [0.1, 0.15) is 11.7 Å². The molecule has 0 spiro atoms. The Kier molecular flexibility index (Phi) is 4.91. The molecule has 1 amide bonds. The van der Waals surface area contributed by atoms with Crippen LogP contribution >= 0.6 is 0 Å². The molecule has 0 aromatic heterocycles. The highest BCUT2D eigenvalue weighted by molar-refractivity contribution is 6.32. The summed E-state index contributed by atoms with van der Waals surface area (Å²) < 4.78 is 9.40. The van der Waals surface area contributed by atoms with Crippen LogP contribution in [0.2, 0.25) is 0 Å². The number of carbonyl (C=O) groups excluding carboxylic acids is 3. The van der Waals surface area contributed by atoms with E-state index in [-0.39, 0.29) is 0 Å². The van der Waals surface area contributed by atoms with Crippen molar-refractivity contribution in [3.63, 3.8) is 0 Å². The molecule has 1 fully saturated rings. The van der Waals surface area contributed by atoms with Crippen molar-refractivity contribution in [2.75, 3.05) is 7.11 Å². The highest BCUT2D eigenvalue weighted by Crippen LogP contribution is 2.42. The molecule has 0 saturated heterocycles. The number of amides is 1. The predicted molar refractivity (Wildman–Crippen MR) is 68.4 cm³/mol. The summed E-state index contributed by atoms with van der Waals surface area (Å²) in [5, 5.41) is 20.4. The Morgan fingerprint density at radius 3 is 2.33 bits per heavy atom. The van der Waals surface area contributed by atoms with E-state index in [1.54, 1.807) is 26.8 Å². The van der Waals surface area contributed by atoms with E-state index in [4.69, 9.17) is 10.00 Å². The summed E-state index contributed by atoms with van der Waals surface area (Å²) >= 11 is 0. The fourth-order valence-corrected chi connectivity index (χ4v) is 1.97. The highest BCUT2D eigenvalue weighted by Gasteiger charge is 2.60. The summed E-state index contributed by atoms with van der Waals surface area (Å²) in [6.07, 6.45) is -1.43. The van der Waals surface area contributed by atoms with Crippen LogP contribution in [0.3, 0.4) is 0 Å². The molecule has 0 bridgehead atoms. The number of nitrogens with zero attached hydrogens (tertiary/aromatic N) is 1. The van der Waals surface area contributed by atoms with Crippen LogP contribution in [0, 0.1) is 23.2 Å². The first kappa shape index (κ1) is 16.9. The number of ether oxygens (including phenoxy) is 2. The summed E-state index contributed by atoms with van der Waals surface area (Å²) in [5.74, 6) is -4.44. The van der Waals surface area contributed by atoms with Crippen LogP contribution in [0.1, 0.15) is 20.8 Å². The van der Waals surface area contributed by atoms with Crippen molar-refractivity contribution in [2.24, 2.45) is 11.8 Å². The molecule has 116 valence electrons. The maximum Gasteiger partial charge on any atom is 0.397 e. The molecule has 8 nitrogen and oxygen atoms in total. The molecule has 0 aliphatic heterocycles. The number of nitrogens with one attached hydrogen (secondary N) is 1. The topological polar surface area (TPSA) is 126 Å². The Morgan fingerprint density at radius 2 is 1.90 bits per heavy atom. The van der Waals surface area contributed by atoms with Gasteiger partial charge in [0.2, 0.25) is 0 Å². The van der Waals surface area contributed by atoms with Gasteiger partial charge < -0.3 is 19.9 Å². The molecule has 4 atom stereocenters. The smallest absolute Gasteiger partial charge is 0.397 e. The average Bonchev–Trinajstić information content (AvgIpc) is 3.08. The number of methoxy groups -OCH3 is 1. The second-order valence-electron chi connectivity index (χ2n) is 5.70. The summed E-state index contributed by atoms with van der Waals surface area (Å²) in [4.78, 5) is 34.7. The molecule has 2 N–H and O–H groups in total. The van der Waals surface area contributed by atoms with Crippen molar-refractivity contribution in [1.82, 2.24) is 5.32 Å². The largest absolute Gasteiger partial charge is 0.469 e. The second-order valence-corrected chi connectivity index (χ2v) is 5.70. The van der Waals surface area contributed by atoms with E-state index in [0.29, 0.717) is 0 Å². The van der Waals surface area contributed by atoms with Crippen LogP contribution in [0.15, 0.2) is 0 Å². The molecule has 1 aliphatic rings. The van der Waals surface area contributed by atoms with Gasteiger partial charge in [-0.2, -0.15) is 5.26 Å². The fourth-order valence-electron chi connectivity index (χ4n) is 1.97. The number of aliphatic hydroxyl groups is 1. The van der Waals surface area contributed by atoms with Crippen molar-refractivity contribution in [3.8, 4) is 6.07 Å². The summed E-state index contributed by atoms with van der Waals surface area (Å²) in [6, 6.07) is 0.760. The molecule has 21 heavy (non-hydrogen) atoms. The van der Waals surface area contributed by atoms with Crippen LogP contribution in [-0.4, -0.2) is 47.8 Å². The first-order valence-electron chi connectivity index (χ1n) is 6.31. The zero-order valence-corrected chi connectivity index (χ0v) is 12.2. The number of aliphatic hydroxyl groups excluding tert-OH is 1. The van der Waals surface area contributed by atoms with Crippen molar-refractivity contribution in [2.45, 2.75) is 38.5 Å². The Morgan fingerprint density at radius 1 is 1.33 bits per heavy atom. The number of esters is 2. The van der Waals surface area contributed by atoms with Gasteiger partial charge >= 0.3 is 17.8 Å². The highest BCUT2D eigenvalue weighted by atomic mass is 16.6. The Labute approximate surface area is 122 Å². The van der Waals surface area contributed by atoms with E-state index in [0.717, 1.165) is 7.11 Å². The molecule has 0 aromatic carbocycles. The predicted octanol–water partition coefficient (Wildman–Crippen LogP) is -0.884. The van der Waals surface area contributed by atoms with E-state index in [9.17, 15) is 19.5 Å². The lowest BCUT2D eigenvalue weighted by atomic mass is 10.2. The minimum absolute atomic E-state index is 0.663. The van der Waals surface area contributed by atoms with Crippen LogP contribution in [0.25, 0.3) is 0 Å². The third-order valence-corrected chi connectivity index (χ3v) is 2.93. The van der Waals surface area contributed by atoms with Gasteiger partial charge in [0.05, 0.1) is 25.1 Å². The summed E-state index contributed by atoms with van der Waals surface area (Å²) in [6.45, 7) is 4.82. The van der Waals surface area contributed by atoms with Gasteiger partial charge in [-0.05, 0) is 20.8 Å². The molecule has 1 aliphatic carbocycles. The zero-order chi connectivity index (χ0) is 16.4. The van der Waals surface area contributed by atoms with Gasteiger partial charge in [-0.25, -0.2) is 4.79 Å². The molecule has 0 heterocycles. The number of nitriles is 1. The monoisotopic (exact) mass is 298 g/mol. The minimum Gasteiger partial charge on any atom is -0.469 e. The van der Waals surface area contributed by atoms with Crippen molar-refractivity contribution in [3.05, 3.63) is 0 Å². The normalized spacial score (nSPS) is 25.2. The summed E-state index contributed by atoms with van der Waals surface area (Å²) in [5.41, 5.74) is -0.828. The molecule has 1 rings (SSSR count). The average molecular weight is 298 g/mol. The first-order chi connectivity index (χ1) is 9.62. The van der Waals surface area contributed by atoms with Crippen molar-refractivity contribution in [1.29, 1.82) is 5.26 Å². The number of rotatable bonds is 3. The first-order valence-corrected chi connectivity index (χ1v) is 6.31. The van der Waals surface area contributed by atoms with E-state index in [1.807, 2.05) is 0 Å². The quantitative estimate of drug-likeness (QED) is 0.393. The molecule has 0 unspecified atom stereocenters. The molecule has 8 heteroatoms. The van der Waals surface area contributed by atoms with E-state index < -0.39 is 47.4 Å². The minimum atomic E-state index is -1.43. The molecule has 0 aromatic rings. The maximum absolute atomic E-state index is 11.7. The molecular formula is C13H18N2O6. The van der Waals surface area contributed by atoms with Crippen molar-refractivity contribution >= 4 is 17.8 Å². The van der Waals surface area contributed by atoms with Gasteiger partial charge in [0.25, 0.3) is 0 Å². The standard InChI is InChI=1S/C13H18N2O6/c1-13(2,3)21-12(19)10(17)15-9-7(6(16)5-14)8(9)11(18)20-4/h6-9,16H,1-4H3,(H,15,17)/t6-,7-,8-,9-/m1/s1. The molecule has 1 saturated carbocycles.